The third-order valence-electron chi connectivity index (χ3n) is 5.17. The zero-order chi connectivity index (χ0) is 15.3. The monoisotopic (exact) mass is 283 g/mol. The second kappa shape index (κ2) is 7.41. The van der Waals surface area contributed by atoms with Crippen LogP contribution in [0.1, 0.15) is 52.9 Å². The van der Waals surface area contributed by atoms with Gasteiger partial charge in [-0.2, -0.15) is 0 Å². The molecule has 0 aromatic carbocycles. The summed E-state index contributed by atoms with van der Waals surface area (Å²) in [7, 11) is 4.25. The number of nitrogens with one attached hydrogen (secondary N) is 1. The fourth-order valence-corrected chi connectivity index (χ4v) is 3.24. The molecule has 0 aliphatic heterocycles. The molecule has 0 aromatic heterocycles. The van der Waals surface area contributed by atoms with Crippen LogP contribution in [0.15, 0.2) is 0 Å². The molecule has 0 radical (unpaired) electrons. The van der Waals surface area contributed by atoms with Crippen molar-refractivity contribution in [3.05, 3.63) is 0 Å². The lowest BCUT2D eigenvalue weighted by molar-refractivity contribution is -0.124. The molecule has 1 aliphatic carbocycles. The molecule has 0 heterocycles. The molecule has 0 aromatic rings. The molecule has 0 spiro atoms. The second-order valence-corrected chi connectivity index (χ2v) is 6.95. The van der Waals surface area contributed by atoms with Crippen LogP contribution in [-0.2, 0) is 4.79 Å². The van der Waals surface area contributed by atoms with Gasteiger partial charge >= 0.3 is 0 Å². The van der Waals surface area contributed by atoms with E-state index in [0.717, 1.165) is 25.2 Å². The summed E-state index contributed by atoms with van der Waals surface area (Å²) in [6.07, 6.45) is 5.79. The summed E-state index contributed by atoms with van der Waals surface area (Å²) in [5.74, 6) is 0.959. The number of rotatable bonds is 6. The third kappa shape index (κ3) is 4.19. The van der Waals surface area contributed by atoms with Gasteiger partial charge in [0, 0.05) is 12.1 Å². The Bertz CT molecular complexity index is 319. The predicted molar refractivity (Wildman–Crippen MR) is 84.5 cm³/mol. The number of hydrogen-bond acceptors (Lipinski definition) is 3. The van der Waals surface area contributed by atoms with E-state index in [1.807, 2.05) is 6.92 Å². The Morgan fingerprint density at radius 3 is 2.65 bits per heavy atom. The Hall–Kier alpha value is -0.610. The van der Waals surface area contributed by atoms with E-state index < -0.39 is 0 Å². The fourth-order valence-electron chi connectivity index (χ4n) is 3.24. The van der Waals surface area contributed by atoms with Crippen LogP contribution < -0.4 is 11.1 Å². The first-order chi connectivity index (χ1) is 9.32. The zero-order valence-corrected chi connectivity index (χ0v) is 13.9. The van der Waals surface area contributed by atoms with Gasteiger partial charge in [0.15, 0.2) is 0 Å². The first-order valence-corrected chi connectivity index (χ1v) is 8.03. The van der Waals surface area contributed by atoms with E-state index in [1.165, 1.54) is 12.8 Å². The summed E-state index contributed by atoms with van der Waals surface area (Å²) in [6, 6.07) is -0.389. The quantitative estimate of drug-likeness (QED) is 0.784. The maximum atomic E-state index is 12.2. The summed E-state index contributed by atoms with van der Waals surface area (Å²) in [5.41, 5.74) is 6.11. The standard InChI is InChI=1S/C16H33N3O/c1-6-13(3)14(17)15(20)18-11-16(19(4)5)9-7-8-12(2)10-16/h12-14H,6-11,17H2,1-5H3,(H,18,20). The van der Waals surface area contributed by atoms with Crippen molar-refractivity contribution in [1.82, 2.24) is 10.2 Å². The van der Waals surface area contributed by atoms with Crippen LogP contribution in [0.2, 0.25) is 0 Å². The van der Waals surface area contributed by atoms with Gasteiger partial charge < -0.3 is 16.0 Å². The largest absolute Gasteiger partial charge is 0.353 e. The lowest BCUT2D eigenvalue weighted by Crippen LogP contribution is -2.57. The molecule has 3 N–H and O–H groups in total. The first-order valence-electron chi connectivity index (χ1n) is 8.03. The number of nitrogens with two attached hydrogens (primary N) is 1. The number of nitrogens with zero attached hydrogens (tertiary/aromatic N) is 1. The van der Waals surface area contributed by atoms with Gasteiger partial charge in [0.2, 0.25) is 5.91 Å². The van der Waals surface area contributed by atoms with Crippen molar-refractivity contribution in [1.29, 1.82) is 0 Å². The maximum Gasteiger partial charge on any atom is 0.237 e. The van der Waals surface area contributed by atoms with Crippen LogP contribution in [0.25, 0.3) is 0 Å². The van der Waals surface area contributed by atoms with Gasteiger partial charge in [-0.1, -0.05) is 40.0 Å². The van der Waals surface area contributed by atoms with Crippen LogP contribution in [0.3, 0.4) is 0 Å². The molecule has 0 bridgehead atoms. The number of hydrogen-bond donors (Lipinski definition) is 2. The Morgan fingerprint density at radius 1 is 1.50 bits per heavy atom. The Kier molecular flexibility index (Phi) is 6.46. The highest BCUT2D eigenvalue weighted by Crippen LogP contribution is 2.35. The molecule has 20 heavy (non-hydrogen) atoms. The second-order valence-electron chi connectivity index (χ2n) is 6.95. The average molecular weight is 283 g/mol. The summed E-state index contributed by atoms with van der Waals surface area (Å²) in [6.45, 7) is 7.13. The minimum atomic E-state index is -0.389. The molecule has 1 amide bonds. The molecule has 4 atom stereocenters. The van der Waals surface area contributed by atoms with E-state index in [0.29, 0.717) is 6.54 Å². The van der Waals surface area contributed by atoms with Gasteiger partial charge in [-0.3, -0.25) is 4.79 Å². The molecule has 1 rings (SSSR count). The Balaban J connectivity index is 2.61. The topological polar surface area (TPSA) is 58.4 Å². The van der Waals surface area contributed by atoms with Crippen LogP contribution in [-0.4, -0.2) is 43.0 Å². The highest BCUT2D eigenvalue weighted by molar-refractivity contribution is 5.81. The van der Waals surface area contributed by atoms with Crippen LogP contribution in [0.4, 0.5) is 0 Å². The van der Waals surface area contributed by atoms with Crippen LogP contribution in [0.5, 0.6) is 0 Å². The Labute approximate surface area is 124 Å². The Morgan fingerprint density at radius 2 is 2.15 bits per heavy atom. The van der Waals surface area contributed by atoms with E-state index in [2.05, 4.69) is 38.2 Å². The van der Waals surface area contributed by atoms with Gasteiger partial charge in [0.1, 0.15) is 0 Å². The summed E-state index contributed by atoms with van der Waals surface area (Å²) >= 11 is 0. The molecule has 4 nitrogen and oxygen atoms in total. The van der Waals surface area contributed by atoms with E-state index in [4.69, 9.17) is 5.73 Å². The normalized spacial score (nSPS) is 30.1. The van der Waals surface area contributed by atoms with Crippen LogP contribution in [0, 0.1) is 11.8 Å². The highest BCUT2D eigenvalue weighted by atomic mass is 16.2. The number of amides is 1. The SMILES string of the molecule is CCC(C)C(N)C(=O)NCC1(N(C)C)CCCC(C)C1. The van der Waals surface area contributed by atoms with Crippen LogP contribution >= 0.6 is 0 Å². The molecule has 4 unspecified atom stereocenters. The summed E-state index contributed by atoms with van der Waals surface area (Å²) in [4.78, 5) is 14.5. The molecule has 118 valence electrons. The molecule has 0 saturated heterocycles. The van der Waals surface area contributed by atoms with Crippen molar-refractivity contribution in [3.8, 4) is 0 Å². The zero-order valence-electron chi connectivity index (χ0n) is 13.9. The van der Waals surface area contributed by atoms with Gasteiger partial charge in [-0.15, -0.1) is 0 Å². The number of carbonyl (C=O) groups excluding carboxylic acids is 1. The van der Waals surface area contributed by atoms with Crippen molar-refractivity contribution >= 4 is 5.91 Å². The minimum absolute atomic E-state index is 0.00111. The average Bonchev–Trinajstić information content (AvgIpc) is 2.42. The van der Waals surface area contributed by atoms with E-state index in [9.17, 15) is 4.79 Å². The lowest BCUT2D eigenvalue weighted by atomic mass is 9.75. The first kappa shape index (κ1) is 17.4. The molecule has 4 heteroatoms. The fraction of sp³-hybridized carbons (Fsp3) is 0.938. The van der Waals surface area contributed by atoms with Gasteiger partial charge in [0.05, 0.1) is 6.04 Å². The van der Waals surface area contributed by atoms with Crippen molar-refractivity contribution in [2.45, 2.75) is 64.5 Å². The highest BCUT2D eigenvalue weighted by Gasteiger charge is 2.37. The molecular formula is C16H33N3O. The molecule has 1 fully saturated rings. The maximum absolute atomic E-state index is 12.2. The summed E-state index contributed by atoms with van der Waals surface area (Å²) in [5, 5.41) is 3.10. The van der Waals surface area contributed by atoms with Gasteiger partial charge in [0.25, 0.3) is 0 Å². The number of likely N-dealkylation sites (N-methyl/N-ethyl adjacent to an activating group) is 1. The van der Waals surface area contributed by atoms with E-state index in [-0.39, 0.29) is 23.4 Å². The van der Waals surface area contributed by atoms with E-state index in [1.54, 1.807) is 0 Å². The lowest BCUT2D eigenvalue weighted by Gasteiger charge is -2.45. The van der Waals surface area contributed by atoms with Crippen molar-refractivity contribution < 1.29 is 4.79 Å². The summed E-state index contributed by atoms with van der Waals surface area (Å²) < 4.78 is 0. The minimum Gasteiger partial charge on any atom is -0.353 e. The van der Waals surface area contributed by atoms with E-state index >= 15 is 0 Å². The molecular weight excluding hydrogens is 250 g/mol. The van der Waals surface area contributed by atoms with Gasteiger partial charge in [-0.05, 0) is 38.8 Å². The van der Waals surface area contributed by atoms with Crippen molar-refractivity contribution in [2.24, 2.45) is 17.6 Å². The predicted octanol–water partition coefficient (Wildman–Crippen LogP) is 1.99. The molecule has 1 aliphatic rings. The number of carbonyl (C=O) groups is 1. The third-order valence-corrected chi connectivity index (χ3v) is 5.17. The van der Waals surface area contributed by atoms with Crippen molar-refractivity contribution in [3.63, 3.8) is 0 Å². The molecule has 1 saturated carbocycles. The smallest absolute Gasteiger partial charge is 0.237 e. The van der Waals surface area contributed by atoms with Crippen molar-refractivity contribution in [2.75, 3.05) is 20.6 Å². The van der Waals surface area contributed by atoms with Gasteiger partial charge in [-0.25, -0.2) is 0 Å².